The van der Waals surface area contributed by atoms with E-state index in [4.69, 9.17) is 14.2 Å². The van der Waals surface area contributed by atoms with Gasteiger partial charge in [0, 0.05) is 37.6 Å². The van der Waals surface area contributed by atoms with Crippen molar-refractivity contribution in [1.29, 1.82) is 0 Å². The fourth-order valence-corrected chi connectivity index (χ4v) is 2.64. The Balaban J connectivity index is 1.87. The van der Waals surface area contributed by atoms with Gasteiger partial charge < -0.3 is 24.8 Å². The van der Waals surface area contributed by atoms with Crippen LogP contribution < -0.4 is 20.1 Å². The van der Waals surface area contributed by atoms with E-state index < -0.39 is 16.9 Å². The van der Waals surface area contributed by atoms with Gasteiger partial charge in [-0.05, 0) is 53.2 Å². The highest BCUT2D eigenvalue weighted by molar-refractivity contribution is 5.90. The number of esters is 1. The number of rotatable bonds is 5. The first-order valence-electron chi connectivity index (χ1n) is 9.08. The van der Waals surface area contributed by atoms with Crippen molar-refractivity contribution >= 4 is 17.7 Å². The second-order valence-electron chi connectivity index (χ2n) is 8.81. The molecule has 1 aromatic carbocycles. The lowest BCUT2D eigenvalue weighted by Gasteiger charge is -2.27. The molecule has 27 heavy (non-hydrogen) atoms. The van der Waals surface area contributed by atoms with Crippen LogP contribution in [0.4, 0.5) is 10.5 Å². The Kier molecular flexibility index (Phi) is 5.63. The maximum atomic E-state index is 12.3. The molecule has 2 rings (SSSR count). The fourth-order valence-electron chi connectivity index (χ4n) is 2.64. The van der Waals surface area contributed by atoms with Crippen molar-refractivity contribution in [2.24, 2.45) is 0 Å². The number of carbonyl (C=O) groups is 2. The first-order chi connectivity index (χ1) is 12.2. The van der Waals surface area contributed by atoms with Crippen LogP contribution in [-0.4, -0.2) is 28.9 Å². The molecule has 7 heteroatoms. The summed E-state index contributed by atoms with van der Waals surface area (Å²) in [5, 5.41) is 5.66. The highest BCUT2D eigenvalue weighted by Gasteiger charge is 2.32. The molecule has 0 bridgehead atoms. The molecule has 0 unspecified atom stereocenters. The minimum absolute atomic E-state index is 0.226. The molecule has 0 aromatic heterocycles. The van der Waals surface area contributed by atoms with Gasteiger partial charge in [-0.2, -0.15) is 0 Å². The molecular weight excluding hydrogens is 348 g/mol. The second-order valence-corrected chi connectivity index (χ2v) is 8.81. The normalized spacial score (nSPS) is 15.2. The molecule has 7 nitrogen and oxygen atoms in total. The van der Waals surface area contributed by atoms with E-state index in [0.717, 1.165) is 0 Å². The van der Waals surface area contributed by atoms with Crippen LogP contribution >= 0.6 is 0 Å². The third-order valence-electron chi connectivity index (χ3n) is 3.74. The standard InChI is InChI=1S/C20H30N2O5/c1-18(2,3)27-16(23)10-11-19(4,5)22-17(24)21-13-8-9-14-15(12-13)26-20(6,7)25-14/h8-9,12H,10-11H2,1-7H3,(H2,21,22,24). The predicted octanol–water partition coefficient (Wildman–Crippen LogP) is 4.22. The lowest BCUT2D eigenvalue weighted by atomic mass is 9.98. The first kappa shape index (κ1) is 20.9. The average Bonchev–Trinajstić information content (AvgIpc) is 2.76. The van der Waals surface area contributed by atoms with Crippen molar-refractivity contribution in [3.05, 3.63) is 18.2 Å². The Hall–Kier alpha value is -2.44. The number of nitrogens with one attached hydrogen (secondary N) is 2. The predicted molar refractivity (Wildman–Crippen MR) is 103 cm³/mol. The van der Waals surface area contributed by atoms with Gasteiger partial charge in [-0.25, -0.2) is 4.79 Å². The van der Waals surface area contributed by atoms with Crippen molar-refractivity contribution < 1.29 is 23.8 Å². The van der Waals surface area contributed by atoms with Gasteiger partial charge in [-0.15, -0.1) is 0 Å². The minimum Gasteiger partial charge on any atom is -0.460 e. The third-order valence-corrected chi connectivity index (χ3v) is 3.74. The third kappa shape index (κ3) is 6.66. The van der Waals surface area contributed by atoms with Crippen molar-refractivity contribution in [2.75, 3.05) is 5.32 Å². The van der Waals surface area contributed by atoms with Crippen molar-refractivity contribution in [2.45, 2.75) is 78.2 Å². The van der Waals surface area contributed by atoms with Gasteiger partial charge in [0.15, 0.2) is 11.5 Å². The molecule has 0 aliphatic carbocycles. The zero-order valence-electron chi connectivity index (χ0n) is 17.2. The molecule has 1 aliphatic heterocycles. The van der Waals surface area contributed by atoms with Crippen LogP contribution in [0.3, 0.4) is 0 Å². The molecule has 150 valence electrons. The maximum absolute atomic E-state index is 12.3. The molecule has 1 heterocycles. The number of urea groups is 1. The molecule has 0 fully saturated rings. The van der Waals surface area contributed by atoms with E-state index in [1.54, 1.807) is 18.2 Å². The van der Waals surface area contributed by atoms with Gasteiger partial charge in [-0.1, -0.05) is 0 Å². The summed E-state index contributed by atoms with van der Waals surface area (Å²) in [5.41, 5.74) is -0.491. The van der Waals surface area contributed by atoms with Crippen molar-refractivity contribution in [3.8, 4) is 11.5 Å². The molecule has 0 spiro atoms. The summed E-state index contributed by atoms with van der Waals surface area (Å²) in [6.07, 6.45) is 0.689. The van der Waals surface area contributed by atoms with E-state index >= 15 is 0 Å². The Morgan fingerprint density at radius 1 is 1.07 bits per heavy atom. The van der Waals surface area contributed by atoms with E-state index in [9.17, 15) is 9.59 Å². The summed E-state index contributed by atoms with van der Waals surface area (Å²) < 4.78 is 16.6. The lowest BCUT2D eigenvalue weighted by molar-refractivity contribution is -0.155. The summed E-state index contributed by atoms with van der Waals surface area (Å²) in [5.74, 6) is 0.231. The molecule has 0 radical (unpaired) electrons. The zero-order chi connectivity index (χ0) is 20.5. The van der Waals surface area contributed by atoms with Crippen LogP contribution in [0.1, 0.15) is 61.3 Å². The monoisotopic (exact) mass is 378 g/mol. The van der Waals surface area contributed by atoms with Crippen LogP contribution in [0.5, 0.6) is 11.5 Å². The van der Waals surface area contributed by atoms with Crippen molar-refractivity contribution in [1.82, 2.24) is 5.32 Å². The van der Waals surface area contributed by atoms with Gasteiger partial charge in [-0.3, -0.25) is 4.79 Å². The SMILES string of the molecule is CC(C)(CCC(=O)OC(C)(C)C)NC(=O)Nc1ccc2c(c1)OC(C)(C)O2. The second kappa shape index (κ2) is 7.29. The lowest BCUT2D eigenvalue weighted by Crippen LogP contribution is -2.46. The molecule has 1 aromatic rings. The molecular formula is C20H30N2O5. The van der Waals surface area contributed by atoms with E-state index in [-0.39, 0.29) is 18.4 Å². The summed E-state index contributed by atoms with van der Waals surface area (Å²) in [4.78, 5) is 24.2. The number of fused-ring (bicyclic) bond motifs is 1. The van der Waals surface area contributed by atoms with Gasteiger partial charge in [0.25, 0.3) is 0 Å². The summed E-state index contributed by atoms with van der Waals surface area (Å²) in [6, 6.07) is 4.86. The van der Waals surface area contributed by atoms with E-state index in [1.807, 2.05) is 48.5 Å². The molecule has 0 saturated heterocycles. The summed E-state index contributed by atoms with van der Waals surface area (Å²) >= 11 is 0. The molecule has 0 saturated carbocycles. The fraction of sp³-hybridized carbons (Fsp3) is 0.600. The topological polar surface area (TPSA) is 85.9 Å². The zero-order valence-corrected chi connectivity index (χ0v) is 17.2. The summed E-state index contributed by atoms with van der Waals surface area (Å²) in [6.45, 7) is 12.8. The van der Waals surface area contributed by atoms with Crippen molar-refractivity contribution in [3.63, 3.8) is 0 Å². The van der Waals surface area contributed by atoms with Gasteiger partial charge in [0.2, 0.25) is 5.79 Å². The van der Waals surface area contributed by atoms with Crippen LogP contribution in [0.2, 0.25) is 0 Å². The average molecular weight is 378 g/mol. The smallest absolute Gasteiger partial charge is 0.319 e. The minimum atomic E-state index is -0.715. The first-order valence-corrected chi connectivity index (χ1v) is 9.08. The van der Waals surface area contributed by atoms with Crippen LogP contribution in [0, 0.1) is 0 Å². The van der Waals surface area contributed by atoms with E-state index in [1.165, 1.54) is 0 Å². The number of carbonyl (C=O) groups excluding carboxylic acids is 2. The quantitative estimate of drug-likeness (QED) is 0.750. The Morgan fingerprint density at radius 2 is 1.70 bits per heavy atom. The highest BCUT2D eigenvalue weighted by Crippen LogP contribution is 2.40. The Morgan fingerprint density at radius 3 is 2.33 bits per heavy atom. The number of hydrogen-bond acceptors (Lipinski definition) is 5. The number of ether oxygens (including phenoxy) is 3. The number of anilines is 1. The molecule has 2 amide bonds. The Bertz CT molecular complexity index is 720. The van der Waals surface area contributed by atoms with Gasteiger partial charge in [0.05, 0.1) is 0 Å². The highest BCUT2D eigenvalue weighted by atomic mass is 16.7. The molecule has 0 atom stereocenters. The number of amides is 2. The molecule has 2 N–H and O–H groups in total. The van der Waals surface area contributed by atoms with Gasteiger partial charge in [0.1, 0.15) is 5.60 Å². The summed E-state index contributed by atoms with van der Waals surface area (Å²) in [7, 11) is 0. The van der Waals surface area contributed by atoms with E-state index in [0.29, 0.717) is 23.6 Å². The van der Waals surface area contributed by atoms with Gasteiger partial charge >= 0.3 is 12.0 Å². The van der Waals surface area contributed by atoms with Crippen LogP contribution in [0.25, 0.3) is 0 Å². The maximum Gasteiger partial charge on any atom is 0.319 e. The molecule has 1 aliphatic rings. The number of hydrogen-bond donors (Lipinski definition) is 2. The number of benzene rings is 1. The van der Waals surface area contributed by atoms with E-state index in [2.05, 4.69) is 10.6 Å². The van der Waals surface area contributed by atoms with Crippen LogP contribution in [0.15, 0.2) is 18.2 Å². The van der Waals surface area contributed by atoms with Crippen LogP contribution in [-0.2, 0) is 9.53 Å². The Labute approximate surface area is 160 Å². The largest absolute Gasteiger partial charge is 0.460 e.